The second-order valence-corrected chi connectivity index (χ2v) is 6.08. The Balaban J connectivity index is 2.31. The lowest BCUT2D eigenvalue weighted by Crippen LogP contribution is -2.48. The van der Waals surface area contributed by atoms with Gasteiger partial charge in [0, 0.05) is 5.54 Å². The molecule has 0 aromatic heterocycles. The van der Waals surface area contributed by atoms with Gasteiger partial charge >= 0.3 is 6.18 Å². The Labute approximate surface area is 125 Å². The molecule has 1 aliphatic rings. The van der Waals surface area contributed by atoms with E-state index in [-0.39, 0.29) is 25.0 Å². The van der Waals surface area contributed by atoms with Gasteiger partial charge in [0.15, 0.2) is 0 Å². The molecule has 21 heavy (non-hydrogen) atoms. The Morgan fingerprint density at radius 1 is 1.19 bits per heavy atom. The van der Waals surface area contributed by atoms with Crippen LogP contribution in [0, 0.1) is 5.92 Å². The standard InChI is InChI=1S/C15H29F3N2O/c1-3-14(12-21,19-4-2)8-5-9-20-10-6-13(7-11-20)15(16,17)18/h13,19,21H,3-12H2,1-2H3. The van der Waals surface area contributed by atoms with E-state index in [1.54, 1.807) is 0 Å². The number of halogens is 3. The Bertz CT molecular complexity index is 285. The van der Waals surface area contributed by atoms with Gasteiger partial charge in [-0.25, -0.2) is 0 Å². The highest BCUT2D eigenvalue weighted by atomic mass is 19.4. The molecule has 1 rings (SSSR count). The van der Waals surface area contributed by atoms with E-state index in [2.05, 4.69) is 10.2 Å². The van der Waals surface area contributed by atoms with Crippen molar-refractivity contribution in [1.82, 2.24) is 10.2 Å². The summed E-state index contributed by atoms with van der Waals surface area (Å²) < 4.78 is 37.8. The molecule has 0 aromatic carbocycles. The summed E-state index contributed by atoms with van der Waals surface area (Å²) in [6.45, 7) is 6.86. The molecule has 1 aliphatic heterocycles. The molecule has 0 bridgehead atoms. The Morgan fingerprint density at radius 3 is 2.24 bits per heavy atom. The van der Waals surface area contributed by atoms with Crippen molar-refractivity contribution in [3.63, 3.8) is 0 Å². The van der Waals surface area contributed by atoms with E-state index in [1.807, 2.05) is 13.8 Å². The number of likely N-dealkylation sites (N-methyl/N-ethyl adjacent to an activating group) is 1. The first-order valence-electron chi connectivity index (χ1n) is 8.02. The minimum atomic E-state index is -4.04. The van der Waals surface area contributed by atoms with Crippen LogP contribution in [0.25, 0.3) is 0 Å². The maximum atomic E-state index is 12.6. The number of aliphatic hydroxyl groups is 1. The van der Waals surface area contributed by atoms with Crippen molar-refractivity contribution in [2.24, 2.45) is 5.92 Å². The third-order valence-corrected chi connectivity index (χ3v) is 4.71. The van der Waals surface area contributed by atoms with Gasteiger partial charge in [0.2, 0.25) is 0 Å². The van der Waals surface area contributed by atoms with Crippen LogP contribution in [-0.2, 0) is 0 Å². The summed E-state index contributed by atoms with van der Waals surface area (Å²) in [4.78, 5) is 2.12. The quantitative estimate of drug-likeness (QED) is 0.724. The maximum absolute atomic E-state index is 12.6. The number of piperidine rings is 1. The summed E-state index contributed by atoms with van der Waals surface area (Å²) in [5, 5.41) is 12.9. The first kappa shape index (κ1) is 18.7. The summed E-state index contributed by atoms with van der Waals surface area (Å²) in [5.41, 5.74) is -0.237. The van der Waals surface area contributed by atoms with Crippen LogP contribution in [0.2, 0.25) is 0 Å². The normalized spacial score (nSPS) is 21.4. The third kappa shape index (κ3) is 5.75. The van der Waals surface area contributed by atoms with Crippen LogP contribution in [0.15, 0.2) is 0 Å². The predicted molar refractivity (Wildman–Crippen MR) is 78.2 cm³/mol. The summed E-state index contributed by atoms with van der Waals surface area (Å²) in [6, 6.07) is 0. The van der Waals surface area contributed by atoms with Crippen LogP contribution < -0.4 is 5.32 Å². The minimum Gasteiger partial charge on any atom is -0.394 e. The minimum absolute atomic E-state index is 0.105. The molecule has 0 radical (unpaired) electrons. The first-order valence-corrected chi connectivity index (χ1v) is 8.02. The molecule has 0 spiro atoms. The van der Waals surface area contributed by atoms with Crippen LogP contribution in [0.4, 0.5) is 13.2 Å². The van der Waals surface area contributed by atoms with Crippen molar-refractivity contribution >= 4 is 0 Å². The van der Waals surface area contributed by atoms with Gasteiger partial charge in [0.05, 0.1) is 12.5 Å². The molecular formula is C15H29F3N2O. The Kier molecular flexibility index (Phi) is 7.44. The third-order valence-electron chi connectivity index (χ3n) is 4.71. The molecule has 1 fully saturated rings. The molecule has 2 N–H and O–H groups in total. The number of rotatable bonds is 8. The second kappa shape index (κ2) is 8.34. The van der Waals surface area contributed by atoms with E-state index in [0.717, 1.165) is 32.4 Å². The lowest BCUT2D eigenvalue weighted by molar-refractivity contribution is -0.185. The van der Waals surface area contributed by atoms with E-state index in [1.165, 1.54) is 0 Å². The smallest absolute Gasteiger partial charge is 0.391 e. The maximum Gasteiger partial charge on any atom is 0.391 e. The van der Waals surface area contributed by atoms with E-state index in [9.17, 15) is 18.3 Å². The molecule has 0 saturated carbocycles. The first-order chi connectivity index (χ1) is 9.87. The zero-order valence-electron chi connectivity index (χ0n) is 13.2. The van der Waals surface area contributed by atoms with Crippen molar-refractivity contribution in [3.05, 3.63) is 0 Å². The zero-order valence-corrected chi connectivity index (χ0v) is 13.2. The van der Waals surface area contributed by atoms with Gasteiger partial charge in [-0.2, -0.15) is 13.2 Å². The van der Waals surface area contributed by atoms with E-state index >= 15 is 0 Å². The van der Waals surface area contributed by atoms with Crippen LogP contribution in [0.1, 0.15) is 46.0 Å². The van der Waals surface area contributed by atoms with Crippen LogP contribution in [0.3, 0.4) is 0 Å². The van der Waals surface area contributed by atoms with Gasteiger partial charge in [-0.05, 0) is 58.3 Å². The summed E-state index contributed by atoms with van der Waals surface area (Å²) in [6.07, 6.45) is -0.991. The van der Waals surface area contributed by atoms with Crippen molar-refractivity contribution in [1.29, 1.82) is 0 Å². The average Bonchev–Trinajstić information content (AvgIpc) is 2.46. The van der Waals surface area contributed by atoms with Gasteiger partial charge in [-0.3, -0.25) is 0 Å². The number of nitrogens with one attached hydrogen (secondary N) is 1. The summed E-state index contributed by atoms with van der Waals surface area (Å²) in [5.74, 6) is -1.12. The second-order valence-electron chi connectivity index (χ2n) is 6.08. The highest BCUT2D eigenvalue weighted by molar-refractivity contribution is 4.86. The molecule has 0 aliphatic carbocycles. The van der Waals surface area contributed by atoms with Gasteiger partial charge in [-0.1, -0.05) is 13.8 Å². The average molecular weight is 310 g/mol. The topological polar surface area (TPSA) is 35.5 Å². The molecule has 6 heteroatoms. The van der Waals surface area contributed by atoms with E-state index in [0.29, 0.717) is 13.1 Å². The summed E-state index contributed by atoms with van der Waals surface area (Å²) >= 11 is 0. The monoisotopic (exact) mass is 310 g/mol. The Hall–Kier alpha value is -0.330. The van der Waals surface area contributed by atoms with Gasteiger partial charge in [0.25, 0.3) is 0 Å². The van der Waals surface area contributed by atoms with Crippen molar-refractivity contribution in [3.8, 4) is 0 Å². The van der Waals surface area contributed by atoms with Crippen LogP contribution in [0.5, 0.6) is 0 Å². The van der Waals surface area contributed by atoms with E-state index < -0.39 is 12.1 Å². The number of aliphatic hydroxyl groups excluding tert-OH is 1. The number of hydrogen-bond acceptors (Lipinski definition) is 3. The SMILES string of the molecule is CCNC(CC)(CO)CCCN1CCC(C(F)(F)F)CC1. The van der Waals surface area contributed by atoms with Gasteiger partial charge < -0.3 is 15.3 Å². The lowest BCUT2D eigenvalue weighted by Gasteiger charge is -2.35. The van der Waals surface area contributed by atoms with Crippen molar-refractivity contribution in [2.75, 3.05) is 32.8 Å². The fourth-order valence-corrected chi connectivity index (χ4v) is 3.14. The van der Waals surface area contributed by atoms with E-state index in [4.69, 9.17) is 0 Å². The molecular weight excluding hydrogens is 281 g/mol. The molecule has 1 unspecified atom stereocenters. The number of nitrogens with zero attached hydrogens (tertiary/aromatic N) is 1. The highest BCUT2D eigenvalue weighted by Crippen LogP contribution is 2.34. The molecule has 1 saturated heterocycles. The van der Waals surface area contributed by atoms with Crippen molar-refractivity contribution in [2.45, 2.75) is 57.7 Å². The van der Waals surface area contributed by atoms with Gasteiger partial charge in [0.1, 0.15) is 0 Å². The molecule has 0 amide bonds. The highest BCUT2D eigenvalue weighted by Gasteiger charge is 2.40. The van der Waals surface area contributed by atoms with Crippen LogP contribution >= 0.6 is 0 Å². The van der Waals surface area contributed by atoms with Crippen LogP contribution in [-0.4, -0.2) is 54.5 Å². The molecule has 1 heterocycles. The Morgan fingerprint density at radius 2 is 1.81 bits per heavy atom. The molecule has 3 nitrogen and oxygen atoms in total. The van der Waals surface area contributed by atoms with Crippen molar-refractivity contribution < 1.29 is 18.3 Å². The number of likely N-dealkylation sites (tertiary alicyclic amines) is 1. The predicted octanol–water partition coefficient (Wildman–Crippen LogP) is 2.79. The zero-order chi connectivity index (χ0) is 15.9. The number of hydrogen-bond donors (Lipinski definition) is 2. The fourth-order valence-electron chi connectivity index (χ4n) is 3.14. The van der Waals surface area contributed by atoms with Gasteiger partial charge in [-0.15, -0.1) is 0 Å². The lowest BCUT2D eigenvalue weighted by atomic mass is 9.90. The number of alkyl halides is 3. The molecule has 126 valence electrons. The summed E-state index contributed by atoms with van der Waals surface area (Å²) in [7, 11) is 0. The molecule has 0 aromatic rings. The largest absolute Gasteiger partial charge is 0.394 e. The molecule has 1 atom stereocenters. The fraction of sp³-hybridized carbons (Fsp3) is 1.00.